The highest BCUT2D eigenvalue weighted by molar-refractivity contribution is 6.21. The Bertz CT molecular complexity index is 799. The Balaban J connectivity index is 1.41. The van der Waals surface area contributed by atoms with Crippen molar-refractivity contribution in [2.24, 2.45) is 0 Å². The molecular formula is C20H29BN6O4. The van der Waals surface area contributed by atoms with Gasteiger partial charge in [-0.2, -0.15) is 0 Å². The third-order valence-electron chi connectivity index (χ3n) is 5.38. The lowest BCUT2D eigenvalue weighted by atomic mass is 10.2. The molecule has 0 spiro atoms. The van der Waals surface area contributed by atoms with Crippen LogP contribution in [0.2, 0.25) is 0 Å². The third kappa shape index (κ3) is 4.99. The average Bonchev–Trinajstić information content (AvgIpc) is 2.78. The second-order valence-corrected chi connectivity index (χ2v) is 7.65. The zero-order chi connectivity index (χ0) is 21.8. The van der Waals surface area contributed by atoms with Crippen molar-refractivity contribution in [1.82, 2.24) is 19.9 Å². The zero-order valence-corrected chi connectivity index (χ0v) is 18.7. The second kappa shape index (κ2) is 9.65. The Morgan fingerprint density at radius 2 is 0.935 bits per heavy atom. The lowest BCUT2D eigenvalue weighted by Gasteiger charge is -2.28. The van der Waals surface area contributed by atoms with Crippen LogP contribution in [0.3, 0.4) is 0 Å². The second-order valence-electron chi connectivity index (χ2n) is 7.65. The maximum atomic E-state index is 5.90. The van der Waals surface area contributed by atoms with Gasteiger partial charge in [0.05, 0.1) is 49.2 Å². The van der Waals surface area contributed by atoms with E-state index in [2.05, 4.69) is 29.7 Å². The molecule has 10 nitrogen and oxygen atoms in total. The molecule has 4 rings (SSSR count). The first-order valence-corrected chi connectivity index (χ1v) is 10.6. The maximum absolute atomic E-state index is 5.90. The van der Waals surface area contributed by atoms with Crippen molar-refractivity contribution < 1.29 is 18.8 Å². The molecule has 0 bridgehead atoms. The first-order valence-electron chi connectivity index (χ1n) is 10.6. The number of nitrogens with zero attached hydrogens (tertiary/aromatic N) is 6. The van der Waals surface area contributed by atoms with Crippen molar-refractivity contribution in [2.45, 2.75) is 27.7 Å². The summed E-state index contributed by atoms with van der Waals surface area (Å²) in [5, 5.41) is 0. The van der Waals surface area contributed by atoms with Crippen molar-refractivity contribution in [3.05, 3.63) is 22.8 Å². The van der Waals surface area contributed by atoms with E-state index in [1.54, 1.807) is 0 Å². The number of rotatable bonds is 6. The first kappa shape index (κ1) is 21.6. The van der Waals surface area contributed by atoms with Crippen molar-refractivity contribution in [1.29, 1.82) is 0 Å². The minimum absolute atomic E-state index is 0.0316. The number of aromatic nitrogens is 4. The van der Waals surface area contributed by atoms with Crippen molar-refractivity contribution in [3.8, 4) is 11.5 Å². The summed E-state index contributed by atoms with van der Waals surface area (Å²) in [6, 6.07) is 0. The summed E-state index contributed by atoms with van der Waals surface area (Å²) in [7, 11) is 0.0316. The third-order valence-corrected chi connectivity index (χ3v) is 5.38. The summed E-state index contributed by atoms with van der Waals surface area (Å²) in [6.07, 6.45) is 0. The Morgan fingerprint density at radius 3 is 1.26 bits per heavy atom. The molecule has 0 atom stereocenters. The van der Waals surface area contributed by atoms with Crippen LogP contribution >= 0.6 is 0 Å². The predicted octanol–water partition coefficient (Wildman–Crippen LogP) is 0.898. The van der Waals surface area contributed by atoms with Gasteiger partial charge in [0.15, 0.2) is 0 Å². The Hall–Kier alpha value is -2.66. The fraction of sp³-hybridized carbons (Fsp3) is 0.600. The Kier molecular flexibility index (Phi) is 6.72. The molecule has 2 aromatic heterocycles. The van der Waals surface area contributed by atoms with Gasteiger partial charge >= 0.3 is 7.69 Å². The van der Waals surface area contributed by atoms with Crippen molar-refractivity contribution in [2.75, 3.05) is 62.4 Å². The maximum Gasteiger partial charge on any atom is 0.576 e. The van der Waals surface area contributed by atoms with Gasteiger partial charge in [0.25, 0.3) is 0 Å². The lowest BCUT2D eigenvalue weighted by Crippen LogP contribution is -2.37. The van der Waals surface area contributed by atoms with Gasteiger partial charge < -0.3 is 28.6 Å². The minimum atomic E-state index is 0.0316. The molecule has 11 heteroatoms. The summed E-state index contributed by atoms with van der Waals surface area (Å²) < 4.78 is 22.6. The highest BCUT2D eigenvalue weighted by Crippen LogP contribution is 2.25. The molecule has 2 aliphatic rings. The molecule has 2 saturated heterocycles. The molecule has 31 heavy (non-hydrogen) atoms. The molecule has 166 valence electrons. The zero-order valence-electron chi connectivity index (χ0n) is 18.7. The van der Waals surface area contributed by atoms with E-state index in [9.17, 15) is 0 Å². The van der Waals surface area contributed by atoms with Crippen LogP contribution in [0.1, 0.15) is 22.8 Å². The first-order chi connectivity index (χ1) is 15.0. The van der Waals surface area contributed by atoms with E-state index < -0.39 is 0 Å². The van der Waals surface area contributed by atoms with Gasteiger partial charge in [0, 0.05) is 26.2 Å². The molecule has 0 saturated carbocycles. The van der Waals surface area contributed by atoms with E-state index in [0.717, 1.165) is 49.0 Å². The van der Waals surface area contributed by atoms with Crippen LogP contribution in [-0.2, 0) is 9.47 Å². The van der Waals surface area contributed by atoms with Crippen LogP contribution in [-0.4, -0.2) is 80.2 Å². The molecule has 0 radical (unpaired) electrons. The summed E-state index contributed by atoms with van der Waals surface area (Å²) in [4.78, 5) is 22.7. The van der Waals surface area contributed by atoms with Gasteiger partial charge in [0.1, 0.15) is 11.5 Å². The van der Waals surface area contributed by atoms with Gasteiger partial charge in [0.2, 0.25) is 11.9 Å². The van der Waals surface area contributed by atoms with Gasteiger partial charge in [-0.15, -0.1) is 0 Å². The molecule has 2 aliphatic heterocycles. The quantitative estimate of drug-likeness (QED) is 0.618. The fourth-order valence-corrected chi connectivity index (χ4v) is 3.75. The molecule has 2 aromatic rings. The van der Waals surface area contributed by atoms with E-state index in [1.165, 1.54) is 0 Å². The average molecular weight is 428 g/mol. The smallest absolute Gasteiger partial charge is 0.526 e. The molecular weight excluding hydrogens is 399 g/mol. The monoisotopic (exact) mass is 428 g/mol. The number of aryl methyl sites for hydroxylation is 4. The van der Waals surface area contributed by atoms with Gasteiger partial charge in [-0.1, -0.05) is 0 Å². The highest BCUT2D eigenvalue weighted by atomic mass is 16.6. The number of ether oxygens (including phenoxy) is 2. The summed E-state index contributed by atoms with van der Waals surface area (Å²) in [5.74, 6) is 2.70. The minimum Gasteiger partial charge on any atom is -0.526 e. The normalized spacial score (nSPS) is 16.9. The standard InChI is InChI=1S/C20H29BN6O4/c1-13-17(14(2)23-19(22-13)26-5-9-28-10-6-26)30-21-31-18-15(3)24-20(25-16(18)4)27-7-11-29-12-8-27/h21H,5-12H2,1-4H3. The summed E-state index contributed by atoms with van der Waals surface area (Å²) >= 11 is 0. The molecule has 4 heterocycles. The summed E-state index contributed by atoms with van der Waals surface area (Å²) in [6.45, 7) is 13.6. The molecule has 0 N–H and O–H groups in total. The molecule has 0 aromatic carbocycles. The fourth-order valence-electron chi connectivity index (χ4n) is 3.75. The molecule has 0 unspecified atom stereocenters. The molecule has 2 fully saturated rings. The van der Waals surface area contributed by atoms with Gasteiger partial charge in [-0.3, -0.25) is 0 Å². The topological polar surface area (TPSA) is 95.0 Å². The van der Waals surface area contributed by atoms with E-state index in [0.29, 0.717) is 49.8 Å². The van der Waals surface area contributed by atoms with Gasteiger partial charge in [-0.25, -0.2) is 19.9 Å². The van der Waals surface area contributed by atoms with Crippen LogP contribution in [0, 0.1) is 27.7 Å². The largest absolute Gasteiger partial charge is 0.576 e. The van der Waals surface area contributed by atoms with E-state index in [4.69, 9.17) is 18.8 Å². The number of hydrogen-bond acceptors (Lipinski definition) is 10. The van der Waals surface area contributed by atoms with Crippen LogP contribution < -0.4 is 19.1 Å². The Morgan fingerprint density at radius 1 is 0.613 bits per heavy atom. The summed E-state index contributed by atoms with van der Waals surface area (Å²) in [5.41, 5.74) is 3.13. The lowest BCUT2D eigenvalue weighted by molar-refractivity contribution is 0.122. The van der Waals surface area contributed by atoms with Gasteiger partial charge in [-0.05, 0) is 27.7 Å². The SMILES string of the molecule is Cc1nc(N2CCOCC2)nc(C)c1OBOc1c(C)nc(N2CCOCC2)nc1C. The van der Waals surface area contributed by atoms with Crippen LogP contribution in [0.25, 0.3) is 0 Å². The Labute approximate surface area is 183 Å². The van der Waals surface area contributed by atoms with Crippen molar-refractivity contribution in [3.63, 3.8) is 0 Å². The molecule has 0 aliphatic carbocycles. The number of anilines is 2. The van der Waals surface area contributed by atoms with Crippen LogP contribution in [0.5, 0.6) is 11.5 Å². The van der Waals surface area contributed by atoms with Crippen LogP contribution in [0.4, 0.5) is 11.9 Å². The van der Waals surface area contributed by atoms with E-state index in [-0.39, 0.29) is 7.69 Å². The molecule has 0 amide bonds. The number of morpholine rings is 2. The predicted molar refractivity (Wildman–Crippen MR) is 117 cm³/mol. The van der Waals surface area contributed by atoms with E-state index in [1.807, 2.05) is 27.7 Å². The van der Waals surface area contributed by atoms with E-state index >= 15 is 0 Å². The number of hydrogen-bond donors (Lipinski definition) is 0. The van der Waals surface area contributed by atoms with Crippen molar-refractivity contribution >= 4 is 19.6 Å². The highest BCUT2D eigenvalue weighted by Gasteiger charge is 2.20. The van der Waals surface area contributed by atoms with Crippen LogP contribution in [0.15, 0.2) is 0 Å².